The van der Waals surface area contributed by atoms with Gasteiger partial charge in [0.25, 0.3) is 0 Å². The van der Waals surface area contributed by atoms with Crippen molar-refractivity contribution in [2.45, 2.75) is 39.7 Å². The van der Waals surface area contributed by atoms with E-state index in [2.05, 4.69) is 17.0 Å². The Morgan fingerprint density at radius 2 is 2.22 bits per heavy atom. The standard InChI is InChI=1S/C17H23FN4O/c1-3-4-5-8-23-12-15-7-6-14(9-16(15)18)10-20-22-11-13(2)21-17(22)19/h6-7,9-11H,3-5,8,12H2,1-2H3,(H2,19,21). The third-order valence-corrected chi connectivity index (χ3v) is 3.39. The number of hydrogen-bond acceptors (Lipinski definition) is 4. The van der Waals surface area contributed by atoms with Gasteiger partial charge in [-0.2, -0.15) is 5.10 Å². The molecule has 2 N–H and O–H groups in total. The fraction of sp³-hybridized carbons (Fsp3) is 0.412. The Morgan fingerprint density at radius 1 is 1.39 bits per heavy atom. The molecule has 0 saturated carbocycles. The number of rotatable bonds is 8. The lowest BCUT2D eigenvalue weighted by Crippen LogP contribution is -2.00. The van der Waals surface area contributed by atoms with Gasteiger partial charge in [-0.1, -0.05) is 31.9 Å². The van der Waals surface area contributed by atoms with E-state index in [-0.39, 0.29) is 5.82 Å². The molecule has 124 valence electrons. The summed E-state index contributed by atoms with van der Waals surface area (Å²) < 4.78 is 21.0. The number of nitrogens with zero attached hydrogens (tertiary/aromatic N) is 3. The molecule has 0 aliphatic heterocycles. The van der Waals surface area contributed by atoms with Crippen molar-refractivity contribution < 1.29 is 9.13 Å². The summed E-state index contributed by atoms with van der Waals surface area (Å²) >= 11 is 0. The SMILES string of the molecule is CCCCCOCc1ccc(C=Nn2cc(C)nc2N)cc1F. The molecule has 0 unspecified atom stereocenters. The number of benzene rings is 1. The summed E-state index contributed by atoms with van der Waals surface area (Å²) in [7, 11) is 0. The highest BCUT2D eigenvalue weighted by Gasteiger charge is 2.04. The number of anilines is 1. The molecule has 0 bridgehead atoms. The maximum absolute atomic E-state index is 14.0. The Hall–Kier alpha value is -2.21. The molecule has 1 heterocycles. The Morgan fingerprint density at radius 3 is 2.87 bits per heavy atom. The first kappa shape index (κ1) is 17.1. The minimum Gasteiger partial charge on any atom is -0.377 e. The predicted molar refractivity (Wildman–Crippen MR) is 89.9 cm³/mol. The van der Waals surface area contributed by atoms with E-state index in [9.17, 15) is 4.39 Å². The molecule has 6 heteroatoms. The minimum absolute atomic E-state index is 0.292. The average Bonchev–Trinajstić information content (AvgIpc) is 2.84. The zero-order chi connectivity index (χ0) is 16.7. The molecule has 1 aromatic heterocycles. The molecule has 0 aliphatic rings. The van der Waals surface area contributed by atoms with E-state index < -0.39 is 0 Å². The van der Waals surface area contributed by atoms with Crippen molar-refractivity contribution in [3.63, 3.8) is 0 Å². The maximum atomic E-state index is 14.0. The Kier molecular flexibility index (Phi) is 6.29. The maximum Gasteiger partial charge on any atom is 0.221 e. The fourth-order valence-corrected chi connectivity index (χ4v) is 2.12. The molecular formula is C17H23FN4O. The largest absolute Gasteiger partial charge is 0.377 e. The van der Waals surface area contributed by atoms with Crippen LogP contribution in [0, 0.1) is 12.7 Å². The van der Waals surface area contributed by atoms with E-state index in [1.54, 1.807) is 24.5 Å². The molecule has 0 aliphatic carbocycles. The second-order valence-corrected chi connectivity index (χ2v) is 5.44. The van der Waals surface area contributed by atoms with Crippen molar-refractivity contribution in [2.75, 3.05) is 12.3 Å². The number of hydrogen-bond donors (Lipinski definition) is 1. The van der Waals surface area contributed by atoms with Crippen LogP contribution in [0.15, 0.2) is 29.5 Å². The smallest absolute Gasteiger partial charge is 0.221 e. The van der Waals surface area contributed by atoms with Gasteiger partial charge < -0.3 is 10.5 Å². The molecule has 1 aromatic carbocycles. The summed E-state index contributed by atoms with van der Waals surface area (Å²) in [6, 6.07) is 4.96. The van der Waals surface area contributed by atoms with E-state index in [0.717, 1.165) is 25.0 Å². The van der Waals surface area contributed by atoms with Crippen LogP contribution in [-0.4, -0.2) is 22.5 Å². The number of unbranched alkanes of at least 4 members (excludes halogenated alkanes) is 2. The van der Waals surface area contributed by atoms with Crippen LogP contribution in [-0.2, 0) is 11.3 Å². The van der Waals surface area contributed by atoms with Crippen molar-refractivity contribution in [2.24, 2.45) is 5.10 Å². The lowest BCUT2D eigenvalue weighted by atomic mass is 10.1. The third kappa shape index (κ3) is 5.17. The van der Waals surface area contributed by atoms with Crippen molar-refractivity contribution in [1.82, 2.24) is 9.66 Å². The Bertz CT molecular complexity index is 667. The lowest BCUT2D eigenvalue weighted by molar-refractivity contribution is 0.115. The summed E-state index contributed by atoms with van der Waals surface area (Å²) in [5.41, 5.74) is 7.68. The highest BCUT2D eigenvalue weighted by Crippen LogP contribution is 2.12. The number of imidazole rings is 1. The van der Waals surface area contributed by atoms with Gasteiger partial charge >= 0.3 is 0 Å². The van der Waals surface area contributed by atoms with Gasteiger partial charge in [-0.3, -0.25) is 0 Å². The normalized spacial score (nSPS) is 11.4. The van der Waals surface area contributed by atoms with Crippen LogP contribution >= 0.6 is 0 Å². The number of aryl methyl sites for hydroxylation is 1. The number of nitrogens with two attached hydrogens (primary N) is 1. The second-order valence-electron chi connectivity index (χ2n) is 5.44. The zero-order valence-corrected chi connectivity index (χ0v) is 13.6. The van der Waals surface area contributed by atoms with E-state index in [0.29, 0.717) is 30.3 Å². The van der Waals surface area contributed by atoms with Crippen LogP contribution < -0.4 is 5.73 Å². The molecule has 5 nitrogen and oxygen atoms in total. The summed E-state index contributed by atoms with van der Waals surface area (Å²) in [5.74, 6) is 0.00977. The third-order valence-electron chi connectivity index (χ3n) is 3.39. The Labute approximate surface area is 136 Å². The van der Waals surface area contributed by atoms with E-state index in [1.165, 1.54) is 10.7 Å². The highest BCUT2D eigenvalue weighted by atomic mass is 19.1. The fourth-order valence-electron chi connectivity index (χ4n) is 2.12. The van der Waals surface area contributed by atoms with Gasteiger partial charge in [-0.05, 0) is 25.0 Å². The number of aromatic nitrogens is 2. The lowest BCUT2D eigenvalue weighted by Gasteiger charge is -2.06. The summed E-state index contributed by atoms with van der Waals surface area (Å²) in [6.45, 7) is 4.92. The topological polar surface area (TPSA) is 65.4 Å². The summed E-state index contributed by atoms with van der Waals surface area (Å²) in [6.07, 6.45) is 6.54. The van der Waals surface area contributed by atoms with Gasteiger partial charge in [0.15, 0.2) is 0 Å². The van der Waals surface area contributed by atoms with Crippen LogP contribution in [0.1, 0.15) is 43.0 Å². The number of ether oxygens (including phenoxy) is 1. The molecule has 0 saturated heterocycles. The quantitative estimate of drug-likeness (QED) is 0.598. The zero-order valence-electron chi connectivity index (χ0n) is 13.6. The van der Waals surface area contributed by atoms with Crippen LogP contribution in [0.3, 0.4) is 0 Å². The molecule has 0 amide bonds. The minimum atomic E-state index is -0.292. The molecule has 0 spiro atoms. The second kappa shape index (κ2) is 8.43. The molecule has 2 aromatic rings. The van der Waals surface area contributed by atoms with Crippen LogP contribution in [0.5, 0.6) is 0 Å². The average molecular weight is 318 g/mol. The van der Waals surface area contributed by atoms with Crippen LogP contribution in [0.4, 0.5) is 10.3 Å². The first-order valence-corrected chi connectivity index (χ1v) is 7.82. The molecule has 0 radical (unpaired) electrons. The molecule has 0 fully saturated rings. The van der Waals surface area contributed by atoms with Gasteiger partial charge in [0.1, 0.15) is 5.82 Å². The van der Waals surface area contributed by atoms with Crippen molar-refractivity contribution in [3.8, 4) is 0 Å². The molecule has 2 rings (SSSR count). The highest BCUT2D eigenvalue weighted by molar-refractivity contribution is 5.79. The van der Waals surface area contributed by atoms with E-state index in [1.807, 2.05) is 6.92 Å². The van der Waals surface area contributed by atoms with Gasteiger partial charge in [-0.25, -0.2) is 14.1 Å². The van der Waals surface area contributed by atoms with E-state index in [4.69, 9.17) is 10.5 Å². The Balaban J connectivity index is 1.94. The molecule has 0 atom stereocenters. The summed E-state index contributed by atoms with van der Waals surface area (Å²) in [5, 5.41) is 4.17. The van der Waals surface area contributed by atoms with Crippen molar-refractivity contribution in [3.05, 3.63) is 47.0 Å². The van der Waals surface area contributed by atoms with Gasteiger partial charge in [0, 0.05) is 12.2 Å². The van der Waals surface area contributed by atoms with E-state index >= 15 is 0 Å². The van der Waals surface area contributed by atoms with Crippen molar-refractivity contribution in [1.29, 1.82) is 0 Å². The molecular weight excluding hydrogens is 295 g/mol. The monoisotopic (exact) mass is 318 g/mol. The summed E-state index contributed by atoms with van der Waals surface area (Å²) in [4.78, 5) is 4.05. The predicted octanol–water partition coefficient (Wildman–Crippen LogP) is 3.50. The van der Waals surface area contributed by atoms with Gasteiger partial charge in [-0.15, -0.1) is 0 Å². The molecule has 23 heavy (non-hydrogen) atoms. The number of nitrogen functional groups attached to an aromatic ring is 1. The van der Waals surface area contributed by atoms with Crippen LogP contribution in [0.2, 0.25) is 0 Å². The number of halogens is 1. The first-order chi connectivity index (χ1) is 11.1. The van der Waals surface area contributed by atoms with Gasteiger partial charge in [0.2, 0.25) is 5.95 Å². The van der Waals surface area contributed by atoms with Crippen LogP contribution in [0.25, 0.3) is 0 Å². The van der Waals surface area contributed by atoms with Crippen molar-refractivity contribution >= 4 is 12.2 Å². The van der Waals surface area contributed by atoms with Gasteiger partial charge in [0.05, 0.1) is 24.7 Å². The first-order valence-electron chi connectivity index (χ1n) is 7.82.